The Morgan fingerprint density at radius 3 is 2.58 bits per heavy atom. The quantitative estimate of drug-likeness (QED) is 0.499. The number of morpholine rings is 1. The second-order valence-electron chi connectivity index (χ2n) is 8.05. The summed E-state index contributed by atoms with van der Waals surface area (Å²) in [6.07, 6.45) is -5.13. The second kappa shape index (κ2) is 9.58. The van der Waals surface area contributed by atoms with Crippen molar-refractivity contribution < 1.29 is 31.5 Å². The van der Waals surface area contributed by atoms with Gasteiger partial charge in [0.15, 0.2) is 11.4 Å². The number of amides is 1. The first kappa shape index (κ1) is 25.7. The molecular weight excluding hydrogens is 513 g/mol. The predicted octanol–water partition coefficient (Wildman–Crippen LogP) is 3.88. The maximum Gasteiger partial charge on any atom is 0.434 e. The Bertz CT molecular complexity index is 1230. The van der Waals surface area contributed by atoms with E-state index >= 15 is 0 Å². The van der Waals surface area contributed by atoms with Crippen molar-refractivity contribution in [2.45, 2.75) is 31.4 Å². The number of carbonyl (C=O) groups is 1. The number of nitrogens with one attached hydrogen (secondary N) is 1. The maximum atomic E-state index is 14.3. The summed E-state index contributed by atoms with van der Waals surface area (Å²) in [5.74, 6) is -0.841. The number of ether oxygens (including phenoxy) is 1. The molecule has 3 aromatic rings. The summed E-state index contributed by atoms with van der Waals surface area (Å²) >= 11 is 5.88. The molecule has 1 N–H and O–H groups in total. The molecule has 1 aliphatic rings. The molecule has 0 bridgehead atoms. The lowest BCUT2D eigenvalue weighted by Crippen LogP contribution is -2.61. The monoisotopic (exact) mass is 531 g/mol. The van der Waals surface area contributed by atoms with Gasteiger partial charge in [0.25, 0.3) is 5.91 Å². The number of rotatable bonds is 5. The van der Waals surface area contributed by atoms with E-state index < -0.39 is 42.6 Å². The van der Waals surface area contributed by atoms with Crippen LogP contribution in [-0.2, 0) is 18.0 Å². The molecule has 36 heavy (non-hydrogen) atoms. The van der Waals surface area contributed by atoms with Crippen LogP contribution >= 0.6 is 11.6 Å². The summed E-state index contributed by atoms with van der Waals surface area (Å²) in [4.78, 5) is 25.6. The Hall–Kier alpha value is -3.39. The van der Waals surface area contributed by atoms with Gasteiger partial charge in [0.05, 0.1) is 40.8 Å². The summed E-state index contributed by atoms with van der Waals surface area (Å²) in [6, 6.07) is 2.18. The number of anilines is 1. The van der Waals surface area contributed by atoms with E-state index in [1.165, 1.54) is 24.0 Å². The fourth-order valence-corrected chi connectivity index (χ4v) is 3.85. The first-order valence-corrected chi connectivity index (χ1v) is 10.9. The van der Waals surface area contributed by atoms with Crippen LogP contribution in [0.4, 0.5) is 27.8 Å². The number of carbonyl (C=O) groups excluding carboxylic acids is 1. The average Bonchev–Trinajstić information content (AvgIpc) is 3.19. The van der Waals surface area contributed by atoms with Crippen LogP contribution in [0.1, 0.15) is 23.1 Å². The molecule has 0 aromatic carbocycles. The number of nitrogens with zero attached hydrogens (tertiary/aromatic N) is 6. The van der Waals surface area contributed by atoms with Crippen LogP contribution in [0.5, 0.6) is 0 Å². The predicted molar refractivity (Wildman–Crippen MR) is 117 cm³/mol. The van der Waals surface area contributed by atoms with Crippen molar-refractivity contribution in [3.8, 4) is 11.3 Å². The van der Waals surface area contributed by atoms with Crippen molar-refractivity contribution in [1.29, 1.82) is 0 Å². The zero-order chi connectivity index (χ0) is 26.3. The third-order valence-electron chi connectivity index (χ3n) is 5.39. The van der Waals surface area contributed by atoms with Crippen LogP contribution < -0.4 is 5.32 Å². The van der Waals surface area contributed by atoms with E-state index in [1.54, 1.807) is 19.2 Å². The van der Waals surface area contributed by atoms with Gasteiger partial charge in [-0.1, -0.05) is 11.6 Å². The van der Waals surface area contributed by atoms with Gasteiger partial charge >= 0.3 is 12.3 Å². The largest absolute Gasteiger partial charge is 0.434 e. The second-order valence-corrected chi connectivity index (χ2v) is 8.49. The van der Waals surface area contributed by atoms with Crippen LogP contribution in [0, 0.1) is 0 Å². The van der Waals surface area contributed by atoms with Crippen molar-refractivity contribution in [2.75, 3.05) is 18.4 Å². The maximum absolute atomic E-state index is 14.3. The normalized spacial score (nSPS) is 19.8. The molecule has 0 spiro atoms. The minimum atomic E-state index is -4.66. The molecule has 0 radical (unpaired) electrons. The van der Waals surface area contributed by atoms with Crippen molar-refractivity contribution in [2.24, 2.45) is 7.05 Å². The topological polar surface area (TPSA) is 98.1 Å². The Labute approximate surface area is 206 Å². The van der Waals surface area contributed by atoms with Crippen molar-refractivity contribution in [3.05, 3.63) is 53.3 Å². The van der Waals surface area contributed by atoms with E-state index in [0.29, 0.717) is 22.5 Å². The van der Waals surface area contributed by atoms with Gasteiger partial charge < -0.3 is 15.0 Å². The van der Waals surface area contributed by atoms with Gasteiger partial charge in [0, 0.05) is 26.0 Å². The Morgan fingerprint density at radius 2 is 1.97 bits per heavy atom. The van der Waals surface area contributed by atoms with E-state index in [0.717, 1.165) is 11.1 Å². The summed E-state index contributed by atoms with van der Waals surface area (Å²) < 4.78 is 73.0. The molecule has 15 heteroatoms. The summed E-state index contributed by atoms with van der Waals surface area (Å²) in [6.45, 7) is 0.133. The van der Waals surface area contributed by atoms with Crippen LogP contribution in [0.25, 0.3) is 11.3 Å². The summed E-state index contributed by atoms with van der Waals surface area (Å²) in [5, 5.41) is 7.26. The van der Waals surface area contributed by atoms with E-state index in [-0.39, 0.29) is 18.1 Å². The highest BCUT2D eigenvalue weighted by molar-refractivity contribution is 6.30. The van der Waals surface area contributed by atoms with Gasteiger partial charge in [-0.25, -0.2) is 9.97 Å². The molecule has 1 aliphatic heterocycles. The molecule has 0 aliphatic carbocycles. The summed E-state index contributed by atoms with van der Waals surface area (Å²) in [7, 11) is 1.56. The number of hydrogen-bond donors (Lipinski definition) is 1. The lowest BCUT2D eigenvalue weighted by atomic mass is 10.1. The van der Waals surface area contributed by atoms with E-state index in [4.69, 9.17) is 16.3 Å². The first-order chi connectivity index (χ1) is 16.8. The molecule has 1 fully saturated rings. The molecule has 1 amide bonds. The van der Waals surface area contributed by atoms with Crippen LogP contribution in [0.15, 0.2) is 36.9 Å². The van der Waals surface area contributed by atoms with Crippen molar-refractivity contribution in [1.82, 2.24) is 29.6 Å². The third-order valence-corrected chi connectivity index (χ3v) is 5.61. The van der Waals surface area contributed by atoms with Gasteiger partial charge in [-0.05, 0) is 19.1 Å². The fraction of sp³-hybridized carbons (Fsp3) is 0.381. The highest BCUT2D eigenvalue weighted by Gasteiger charge is 2.48. The van der Waals surface area contributed by atoms with Gasteiger partial charge in [-0.2, -0.15) is 27.1 Å². The molecule has 2 atom stereocenters. The zero-order valence-electron chi connectivity index (χ0n) is 18.8. The molecule has 1 saturated heterocycles. The van der Waals surface area contributed by atoms with Gasteiger partial charge in [-0.15, -0.1) is 0 Å². The average molecular weight is 532 g/mol. The van der Waals surface area contributed by atoms with E-state index in [1.807, 2.05) is 0 Å². The molecule has 0 saturated carbocycles. The number of alkyl halides is 5. The lowest BCUT2D eigenvalue weighted by molar-refractivity contribution is -0.298. The minimum Gasteiger partial charge on any atom is -0.367 e. The van der Waals surface area contributed by atoms with E-state index in [2.05, 4.69) is 25.4 Å². The molecule has 4 heterocycles. The number of hydrogen-bond acceptors (Lipinski definition) is 7. The molecular formula is C21H19ClF5N7O2. The smallest absolute Gasteiger partial charge is 0.367 e. The Balaban J connectivity index is 1.60. The fourth-order valence-electron chi connectivity index (χ4n) is 3.74. The zero-order valence-corrected chi connectivity index (χ0v) is 19.6. The third kappa shape index (κ3) is 5.54. The van der Waals surface area contributed by atoms with Gasteiger partial charge in [-0.3, -0.25) is 14.5 Å². The Morgan fingerprint density at radius 1 is 1.22 bits per heavy atom. The molecule has 3 aromatic heterocycles. The first-order valence-electron chi connectivity index (χ1n) is 10.5. The molecule has 0 unspecified atom stereocenters. The highest BCUT2D eigenvalue weighted by atomic mass is 35.5. The van der Waals surface area contributed by atoms with Crippen LogP contribution in [0.2, 0.25) is 5.02 Å². The molecule has 4 rings (SSSR count). The molecule has 192 valence electrons. The highest BCUT2D eigenvalue weighted by Crippen LogP contribution is 2.32. The van der Waals surface area contributed by atoms with Crippen molar-refractivity contribution in [3.63, 3.8) is 0 Å². The standard InChI is InChI=1S/C21H19ClF5N7O2/c1-11-15(6-30-17-8-29-16(7-31-17)21(25,26)27)34(10-20(23,24)36-11)19(35)18-13(9-33(2)32-18)14-4-3-12(22)5-28-14/h3-5,7-9,11,15H,6,10H2,1-2H3,(H,30,31)/t11-,15+/m0/s1. The van der Waals surface area contributed by atoms with Crippen molar-refractivity contribution >= 4 is 23.3 Å². The van der Waals surface area contributed by atoms with Gasteiger partial charge in [0.1, 0.15) is 12.4 Å². The number of pyridine rings is 1. The Kier molecular flexibility index (Phi) is 6.84. The number of aryl methyl sites for hydroxylation is 1. The van der Waals surface area contributed by atoms with Gasteiger partial charge in [0.2, 0.25) is 0 Å². The SMILES string of the molecule is C[C@@H]1OC(F)(F)CN(C(=O)c2nn(C)cc2-c2ccc(Cl)cn2)[C@@H]1CNc1cnc(C(F)(F)F)cn1. The molecule has 9 nitrogen and oxygen atoms in total. The number of halogens is 6. The van der Waals surface area contributed by atoms with Crippen LogP contribution in [0.3, 0.4) is 0 Å². The van der Waals surface area contributed by atoms with E-state index in [9.17, 15) is 26.7 Å². The minimum absolute atomic E-state index is 0.0381. The van der Waals surface area contributed by atoms with Crippen LogP contribution in [-0.4, -0.2) is 66.9 Å². The lowest BCUT2D eigenvalue weighted by Gasteiger charge is -2.43. The summed E-state index contributed by atoms with van der Waals surface area (Å²) in [5.41, 5.74) is -0.630. The number of aromatic nitrogens is 5.